The zero-order valence-electron chi connectivity index (χ0n) is 20.1. The Bertz CT molecular complexity index is 1510. The molecule has 194 valence electrons. The van der Waals surface area contributed by atoms with E-state index in [0.717, 1.165) is 44.9 Å². The molecular formula is C22H31N9O4S. The van der Waals surface area contributed by atoms with Crippen LogP contribution in [0.1, 0.15) is 64.0 Å². The van der Waals surface area contributed by atoms with Crippen molar-refractivity contribution in [1.82, 2.24) is 34.3 Å². The van der Waals surface area contributed by atoms with E-state index in [1.54, 1.807) is 16.8 Å². The highest BCUT2D eigenvalue weighted by Gasteiger charge is 2.26. The molecule has 3 heterocycles. The molecule has 0 radical (unpaired) electrons. The Labute approximate surface area is 207 Å². The molecule has 2 saturated carbocycles. The van der Waals surface area contributed by atoms with Crippen molar-refractivity contribution in [2.24, 2.45) is 4.99 Å². The lowest BCUT2D eigenvalue weighted by atomic mass is 9.92. The number of anilines is 1. The summed E-state index contributed by atoms with van der Waals surface area (Å²) in [5, 5.41) is 18.3. The van der Waals surface area contributed by atoms with Gasteiger partial charge in [0.05, 0.1) is 18.0 Å². The maximum Gasteiger partial charge on any atom is 0.326 e. The average molecular weight is 518 g/mol. The molecule has 0 atom stereocenters. The number of aromatic nitrogens is 6. The molecule has 3 aromatic rings. The second kappa shape index (κ2) is 10.0. The Morgan fingerprint density at radius 1 is 1.17 bits per heavy atom. The van der Waals surface area contributed by atoms with Crippen LogP contribution < -0.4 is 26.6 Å². The van der Waals surface area contributed by atoms with Crippen LogP contribution in [0.3, 0.4) is 0 Å². The number of nitrogens with one attached hydrogen (secondary N) is 4. The molecule has 36 heavy (non-hydrogen) atoms. The monoisotopic (exact) mass is 517 g/mol. The SMILES string of the molecule is CCCCS(=O)(=O)NC1CCC(Nc2nc(=NC3CC3)n3nc/c(=C/c4[nH]c(=O)[nH]c4O)c3n2)CC1. The van der Waals surface area contributed by atoms with Crippen LogP contribution in [-0.2, 0) is 10.0 Å². The molecule has 0 spiro atoms. The number of unbranched alkanes of at least 4 members (excludes halogenated alkanes) is 1. The van der Waals surface area contributed by atoms with Crippen LogP contribution in [0, 0.1) is 0 Å². The third kappa shape index (κ3) is 5.75. The third-order valence-corrected chi connectivity index (χ3v) is 7.95. The van der Waals surface area contributed by atoms with Gasteiger partial charge in [0, 0.05) is 17.3 Å². The lowest BCUT2D eigenvalue weighted by Crippen LogP contribution is -2.41. The summed E-state index contributed by atoms with van der Waals surface area (Å²) in [4.78, 5) is 30.3. The van der Waals surface area contributed by atoms with Crippen LogP contribution in [0.5, 0.6) is 5.88 Å². The van der Waals surface area contributed by atoms with Crippen molar-refractivity contribution < 1.29 is 13.5 Å². The van der Waals surface area contributed by atoms with Gasteiger partial charge in [-0.3, -0.25) is 4.98 Å². The van der Waals surface area contributed by atoms with Crippen LogP contribution in [0.15, 0.2) is 16.0 Å². The Balaban J connectivity index is 1.37. The lowest BCUT2D eigenvalue weighted by Gasteiger charge is -2.29. The predicted octanol–water partition coefficient (Wildman–Crippen LogP) is -0.100. The number of sulfonamides is 1. The van der Waals surface area contributed by atoms with Crippen molar-refractivity contribution >= 4 is 27.7 Å². The van der Waals surface area contributed by atoms with E-state index in [9.17, 15) is 18.3 Å². The first-order chi connectivity index (χ1) is 17.3. The molecule has 0 amide bonds. The van der Waals surface area contributed by atoms with Crippen LogP contribution in [0.2, 0.25) is 0 Å². The molecule has 5 rings (SSSR count). The topological polar surface area (TPSA) is 183 Å². The number of hydrogen-bond donors (Lipinski definition) is 5. The largest absolute Gasteiger partial charge is 0.493 e. The number of hydrogen-bond acceptors (Lipinski definition) is 9. The van der Waals surface area contributed by atoms with Crippen molar-refractivity contribution in [1.29, 1.82) is 0 Å². The molecule has 0 aliphatic heterocycles. The number of aromatic amines is 2. The molecule has 0 unspecified atom stereocenters. The fraction of sp³-hybridized carbons (Fsp3) is 0.591. The van der Waals surface area contributed by atoms with E-state index < -0.39 is 15.7 Å². The van der Waals surface area contributed by atoms with Gasteiger partial charge in [0.25, 0.3) is 5.62 Å². The van der Waals surface area contributed by atoms with Gasteiger partial charge >= 0.3 is 5.69 Å². The Kier molecular flexibility index (Phi) is 6.79. The van der Waals surface area contributed by atoms with Crippen molar-refractivity contribution in [2.75, 3.05) is 11.1 Å². The minimum atomic E-state index is -3.24. The van der Waals surface area contributed by atoms with Gasteiger partial charge in [-0.1, -0.05) is 13.3 Å². The van der Waals surface area contributed by atoms with Gasteiger partial charge in [0.1, 0.15) is 5.69 Å². The van der Waals surface area contributed by atoms with Gasteiger partial charge in [0.15, 0.2) is 5.65 Å². The van der Waals surface area contributed by atoms with E-state index >= 15 is 0 Å². The number of imidazole rings is 1. The quantitative estimate of drug-likeness (QED) is 0.261. The summed E-state index contributed by atoms with van der Waals surface area (Å²) in [6.07, 6.45) is 9.71. The predicted molar refractivity (Wildman–Crippen MR) is 133 cm³/mol. The fourth-order valence-electron chi connectivity index (χ4n) is 4.33. The van der Waals surface area contributed by atoms with E-state index in [1.807, 2.05) is 6.92 Å². The van der Waals surface area contributed by atoms with Crippen LogP contribution in [0.4, 0.5) is 5.95 Å². The minimum absolute atomic E-state index is 0.0547. The summed E-state index contributed by atoms with van der Waals surface area (Å²) in [7, 11) is -3.24. The Morgan fingerprint density at radius 2 is 1.92 bits per heavy atom. The average Bonchev–Trinajstić information content (AvgIpc) is 3.47. The van der Waals surface area contributed by atoms with Gasteiger partial charge in [-0.05, 0) is 51.0 Å². The highest BCUT2D eigenvalue weighted by Crippen LogP contribution is 2.23. The zero-order valence-corrected chi connectivity index (χ0v) is 20.9. The Hall–Kier alpha value is -3.26. The van der Waals surface area contributed by atoms with Crippen LogP contribution in [-0.4, -0.2) is 67.0 Å². The molecule has 14 heteroatoms. The molecule has 0 bridgehead atoms. The standard InChI is InChI=1S/C22H31N9O4S/c1-2-3-10-36(34,35)30-16-8-6-14(7-9-16)24-20-27-18-13(11-17-19(32)28-22(33)26-17)12-23-31(18)21(29-20)25-15-4-5-15/h11-12,14-16,30,32H,2-10H2,1H3,(H,24,25,29)(H2,26,28,33)/b13-11-. The molecule has 5 N–H and O–H groups in total. The van der Waals surface area contributed by atoms with Crippen molar-refractivity contribution in [3.8, 4) is 5.88 Å². The Morgan fingerprint density at radius 3 is 2.58 bits per heavy atom. The van der Waals surface area contributed by atoms with E-state index in [4.69, 9.17) is 0 Å². The summed E-state index contributed by atoms with van der Waals surface area (Å²) in [5.41, 5.74) is 0.642. The summed E-state index contributed by atoms with van der Waals surface area (Å²) in [5.74, 6) is 0.314. The molecule has 0 saturated heterocycles. The third-order valence-electron chi connectivity index (χ3n) is 6.43. The van der Waals surface area contributed by atoms with Gasteiger partial charge in [0.2, 0.25) is 21.9 Å². The number of H-pyrrole nitrogens is 2. The summed E-state index contributed by atoms with van der Waals surface area (Å²) in [6, 6.07) is 0.257. The van der Waals surface area contributed by atoms with E-state index in [2.05, 4.69) is 40.1 Å². The summed E-state index contributed by atoms with van der Waals surface area (Å²) in [6.45, 7) is 1.98. The first-order valence-corrected chi connectivity index (χ1v) is 14.0. The minimum Gasteiger partial charge on any atom is -0.493 e. The van der Waals surface area contributed by atoms with Crippen molar-refractivity contribution in [3.05, 3.63) is 33.2 Å². The normalized spacial score (nSPS) is 21.9. The zero-order chi connectivity index (χ0) is 25.3. The first kappa shape index (κ1) is 24.4. The molecule has 0 aromatic carbocycles. The maximum atomic E-state index is 12.2. The molecule has 2 aliphatic rings. The van der Waals surface area contributed by atoms with Crippen LogP contribution in [0.25, 0.3) is 11.7 Å². The molecule has 2 aliphatic carbocycles. The molecule has 2 fully saturated rings. The molecule has 3 aromatic heterocycles. The lowest BCUT2D eigenvalue weighted by molar-refractivity contribution is 0.386. The van der Waals surface area contributed by atoms with Gasteiger partial charge in [-0.15, -0.1) is 0 Å². The van der Waals surface area contributed by atoms with Crippen LogP contribution >= 0.6 is 0 Å². The van der Waals surface area contributed by atoms with E-state index in [1.165, 1.54) is 0 Å². The summed E-state index contributed by atoms with van der Waals surface area (Å²) >= 11 is 0. The van der Waals surface area contributed by atoms with Crippen molar-refractivity contribution in [2.45, 2.75) is 76.4 Å². The van der Waals surface area contributed by atoms with E-state index in [0.29, 0.717) is 28.9 Å². The number of rotatable bonds is 9. The maximum absolute atomic E-state index is 12.2. The highest BCUT2D eigenvalue weighted by atomic mass is 32.2. The van der Waals surface area contributed by atoms with Gasteiger partial charge < -0.3 is 15.4 Å². The van der Waals surface area contributed by atoms with Gasteiger partial charge in [-0.2, -0.15) is 19.6 Å². The van der Waals surface area contributed by atoms with E-state index in [-0.39, 0.29) is 35.5 Å². The highest BCUT2D eigenvalue weighted by molar-refractivity contribution is 7.89. The second-order valence-corrected chi connectivity index (χ2v) is 11.4. The summed E-state index contributed by atoms with van der Waals surface area (Å²) < 4.78 is 28.9. The molecule has 13 nitrogen and oxygen atoms in total. The second-order valence-electron chi connectivity index (χ2n) is 9.51. The molecular weight excluding hydrogens is 486 g/mol. The first-order valence-electron chi connectivity index (χ1n) is 12.4. The smallest absolute Gasteiger partial charge is 0.326 e. The van der Waals surface area contributed by atoms with Gasteiger partial charge in [-0.25, -0.2) is 22.9 Å². The van der Waals surface area contributed by atoms with Crippen molar-refractivity contribution in [3.63, 3.8) is 0 Å². The number of aromatic hydroxyl groups is 1. The fourth-order valence-corrected chi connectivity index (χ4v) is 5.86. The number of fused-ring (bicyclic) bond motifs is 1. The number of nitrogens with zero attached hydrogens (tertiary/aromatic N) is 5.